The average molecular weight is 141 g/mol. The Morgan fingerprint density at radius 1 is 1.78 bits per heavy atom. The number of hydrogen-bond donors (Lipinski definition) is 0. The van der Waals surface area contributed by atoms with Gasteiger partial charge in [0.2, 0.25) is 0 Å². The summed E-state index contributed by atoms with van der Waals surface area (Å²) in [5.41, 5.74) is 0. The van der Waals surface area contributed by atoms with Crippen LogP contribution in [0.2, 0.25) is 0 Å². The first kappa shape index (κ1) is 6.91. The van der Waals surface area contributed by atoms with Gasteiger partial charge in [0.05, 0.1) is 11.7 Å². The second-order valence-electron chi connectivity index (χ2n) is 2.75. The minimum Gasteiger partial charge on any atom is -0.232 e. The summed E-state index contributed by atoms with van der Waals surface area (Å²) in [6.07, 6.45) is 2.79. The molecule has 1 nitrogen and oxygen atoms in total. The predicted molar refractivity (Wildman–Crippen MR) is 41.8 cm³/mol. The zero-order valence-electron chi connectivity index (χ0n) is 5.63. The van der Waals surface area contributed by atoms with Crippen LogP contribution in [-0.2, 0) is 0 Å². The lowest BCUT2D eigenvalue weighted by Crippen LogP contribution is -2.00. The van der Waals surface area contributed by atoms with Crippen molar-refractivity contribution in [2.24, 2.45) is 16.8 Å². The highest BCUT2D eigenvalue weighted by molar-refractivity contribution is 7.78. The van der Waals surface area contributed by atoms with Crippen LogP contribution in [0.4, 0.5) is 0 Å². The SMILES string of the molecule is CC(CN=C=S)C1CC1. The predicted octanol–water partition coefficient (Wildman–Crippen LogP) is 2.14. The summed E-state index contributed by atoms with van der Waals surface area (Å²) in [5.74, 6) is 1.68. The highest BCUT2D eigenvalue weighted by Gasteiger charge is 2.27. The van der Waals surface area contributed by atoms with Crippen LogP contribution in [0.1, 0.15) is 19.8 Å². The molecule has 9 heavy (non-hydrogen) atoms. The Morgan fingerprint density at radius 3 is 2.89 bits per heavy atom. The van der Waals surface area contributed by atoms with Crippen molar-refractivity contribution in [2.75, 3.05) is 6.54 Å². The van der Waals surface area contributed by atoms with E-state index in [0.717, 1.165) is 18.4 Å². The van der Waals surface area contributed by atoms with E-state index in [2.05, 4.69) is 29.3 Å². The molecule has 1 fully saturated rings. The van der Waals surface area contributed by atoms with Gasteiger partial charge in [-0.15, -0.1) is 0 Å². The van der Waals surface area contributed by atoms with Crippen molar-refractivity contribution in [3.63, 3.8) is 0 Å². The van der Waals surface area contributed by atoms with Gasteiger partial charge in [0.1, 0.15) is 0 Å². The molecule has 1 unspecified atom stereocenters. The number of thiocarbonyl (C=S) groups is 1. The van der Waals surface area contributed by atoms with Crippen molar-refractivity contribution in [2.45, 2.75) is 19.8 Å². The number of hydrogen-bond acceptors (Lipinski definition) is 2. The topological polar surface area (TPSA) is 12.4 Å². The monoisotopic (exact) mass is 141 g/mol. The van der Waals surface area contributed by atoms with E-state index < -0.39 is 0 Å². The minimum absolute atomic E-state index is 0.737. The largest absolute Gasteiger partial charge is 0.232 e. The third-order valence-corrected chi connectivity index (χ3v) is 2.00. The van der Waals surface area contributed by atoms with Crippen LogP contribution in [0.25, 0.3) is 0 Å². The van der Waals surface area contributed by atoms with Gasteiger partial charge in [-0.2, -0.15) is 0 Å². The van der Waals surface area contributed by atoms with Gasteiger partial charge in [0.25, 0.3) is 0 Å². The van der Waals surface area contributed by atoms with Gasteiger partial charge in [-0.3, -0.25) is 0 Å². The first-order valence-corrected chi connectivity index (χ1v) is 3.79. The number of aliphatic imine (C=N–C) groups is 1. The van der Waals surface area contributed by atoms with Crippen LogP contribution in [0.3, 0.4) is 0 Å². The minimum atomic E-state index is 0.737. The second kappa shape index (κ2) is 3.09. The zero-order valence-corrected chi connectivity index (χ0v) is 6.45. The van der Waals surface area contributed by atoms with Crippen molar-refractivity contribution in [1.29, 1.82) is 0 Å². The number of nitrogens with zero attached hydrogens (tertiary/aromatic N) is 1. The van der Waals surface area contributed by atoms with E-state index >= 15 is 0 Å². The summed E-state index contributed by atoms with van der Waals surface area (Å²) in [5, 5.41) is 2.39. The lowest BCUT2D eigenvalue weighted by atomic mass is 10.1. The van der Waals surface area contributed by atoms with E-state index in [1.165, 1.54) is 12.8 Å². The average Bonchev–Trinajstić information content (AvgIpc) is 2.63. The second-order valence-corrected chi connectivity index (χ2v) is 2.93. The zero-order chi connectivity index (χ0) is 6.69. The molecule has 0 bridgehead atoms. The van der Waals surface area contributed by atoms with Crippen LogP contribution < -0.4 is 0 Å². The fourth-order valence-electron chi connectivity index (χ4n) is 0.996. The lowest BCUT2D eigenvalue weighted by Gasteiger charge is -2.01. The molecule has 1 aliphatic rings. The summed E-state index contributed by atoms with van der Waals surface area (Å²) >= 11 is 4.46. The summed E-state index contributed by atoms with van der Waals surface area (Å²) < 4.78 is 0. The molecule has 50 valence electrons. The van der Waals surface area contributed by atoms with Crippen molar-refractivity contribution in [3.05, 3.63) is 0 Å². The maximum absolute atomic E-state index is 4.46. The molecule has 0 radical (unpaired) electrons. The fourth-order valence-corrected chi connectivity index (χ4v) is 1.07. The Morgan fingerprint density at radius 2 is 2.44 bits per heavy atom. The molecule has 2 heteroatoms. The highest BCUT2D eigenvalue weighted by Crippen LogP contribution is 2.36. The van der Waals surface area contributed by atoms with Crippen LogP contribution in [0.5, 0.6) is 0 Å². The quantitative estimate of drug-likeness (QED) is 0.433. The van der Waals surface area contributed by atoms with Crippen molar-refractivity contribution >= 4 is 17.4 Å². The van der Waals surface area contributed by atoms with Crippen LogP contribution in [0, 0.1) is 11.8 Å². The third kappa shape index (κ3) is 2.25. The van der Waals surface area contributed by atoms with E-state index in [4.69, 9.17) is 0 Å². The van der Waals surface area contributed by atoms with Crippen molar-refractivity contribution in [1.82, 2.24) is 0 Å². The molecule has 0 aromatic carbocycles. The van der Waals surface area contributed by atoms with E-state index in [9.17, 15) is 0 Å². The molecule has 1 rings (SSSR count). The Kier molecular flexibility index (Phi) is 2.38. The molecule has 0 spiro atoms. The van der Waals surface area contributed by atoms with Gasteiger partial charge in [-0.1, -0.05) is 6.92 Å². The van der Waals surface area contributed by atoms with E-state index in [1.54, 1.807) is 0 Å². The lowest BCUT2D eigenvalue weighted by molar-refractivity contribution is 0.524. The Labute approximate surface area is 61.2 Å². The highest BCUT2D eigenvalue weighted by atomic mass is 32.1. The van der Waals surface area contributed by atoms with Crippen molar-refractivity contribution in [3.8, 4) is 0 Å². The standard InChI is InChI=1S/C7H11NS/c1-6(4-8-5-9)7-2-3-7/h6-7H,2-4H2,1H3. The van der Waals surface area contributed by atoms with Gasteiger partial charge in [0.15, 0.2) is 0 Å². The first-order valence-electron chi connectivity index (χ1n) is 3.38. The normalized spacial score (nSPS) is 20.6. The fraction of sp³-hybridized carbons (Fsp3) is 0.857. The first-order chi connectivity index (χ1) is 4.34. The Hall–Kier alpha value is -0.200. The van der Waals surface area contributed by atoms with Crippen LogP contribution in [0.15, 0.2) is 4.99 Å². The van der Waals surface area contributed by atoms with Gasteiger partial charge in [0, 0.05) is 0 Å². The van der Waals surface area contributed by atoms with E-state index in [0.29, 0.717) is 0 Å². The third-order valence-electron chi connectivity index (χ3n) is 1.87. The van der Waals surface area contributed by atoms with Gasteiger partial charge >= 0.3 is 0 Å². The number of isothiocyanates is 1. The van der Waals surface area contributed by atoms with Gasteiger partial charge < -0.3 is 0 Å². The molecule has 1 atom stereocenters. The van der Waals surface area contributed by atoms with Gasteiger partial charge in [-0.05, 0) is 36.9 Å². The molecule has 0 heterocycles. The summed E-state index contributed by atoms with van der Waals surface area (Å²) in [6, 6.07) is 0. The summed E-state index contributed by atoms with van der Waals surface area (Å²) in [4.78, 5) is 3.90. The van der Waals surface area contributed by atoms with E-state index in [1.807, 2.05) is 0 Å². The molecular formula is C7H11NS. The molecule has 0 N–H and O–H groups in total. The molecule has 0 aromatic heterocycles. The maximum atomic E-state index is 4.46. The molecule has 0 aromatic rings. The molecule has 0 amide bonds. The summed E-state index contributed by atoms with van der Waals surface area (Å²) in [7, 11) is 0. The molecule has 1 saturated carbocycles. The van der Waals surface area contributed by atoms with Crippen LogP contribution in [-0.4, -0.2) is 11.7 Å². The summed E-state index contributed by atoms with van der Waals surface area (Å²) in [6.45, 7) is 3.11. The van der Waals surface area contributed by atoms with Gasteiger partial charge in [-0.25, -0.2) is 4.99 Å². The maximum Gasteiger partial charge on any atom is 0.0585 e. The van der Waals surface area contributed by atoms with Crippen molar-refractivity contribution < 1.29 is 0 Å². The Balaban J connectivity index is 2.17. The molecule has 0 aliphatic heterocycles. The van der Waals surface area contributed by atoms with Crippen LogP contribution >= 0.6 is 12.2 Å². The Bertz CT molecular complexity index is 134. The van der Waals surface area contributed by atoms with E-state index in [-0.39, 0.29) is 0 Å². The number of rotatable bonds is 3. The molecule has 0 saturated heterocycles. The molecule has 1 aliphatic carbocycles. The smallest absolute Gasteiger partial charge is 0.0585 e. The molecular weight excluding hydrogens is 130 g/mol.